The molecule has 12 heteroatoms. The summed E-state index contributed by atoms with van der Waals surface area (Å²) in [5.74, 6) is 0.171. The Morgan fingerprint density at radius 2 is 2.17 bits per heavy atom. The van der Waals surface area contributed by atoms with Crippen LogP contribution in [0, 0.1) is 0 Å². The summed E-state index contributed by atoms with van der Waals surface area (Å²) in [5, 5.41) is 14.0. The van der Waals surface area contributed by atoms with E-state index >= 15 is 0 Å². The second kappa shape index (κ2) is 10.4. The van der Waals surface area contributed by atoms with Gasteiger partial charge in [-0.2, -0.15) is 18.3 Å². The average Bonchev–Trinajstić information content (AvgIpc) is 3.01. The Kier molecular flexibility index (Phi) is 8.41. The lowest BCUT2D eigenvalue weighted by atomic mass is 10.3. The van der Waals surface area contributed by atoms with Gasteiger partial charge in [-0.1, -0.05) is 23.8 Å². The van der Waals surface area contributed by atoms with Crippen molar-refractivity contribution in [3.05, 3.63) is 35.9 Å². The quantitative estimate of drug-likeness (QED) is 0.345. The number of halogens is 4. The third-order valence-corrected chi connectivity index (χ3v) is 6.07. The van der Waals surface area contributed by atoms with Crippen LogP contribution in [-0.4, -0.2) is 48.4 Å². The number of alkyl halides is 3. The molecular weight excluding hydrogens is 449 g/mol. The van der Waals surface area contributed by atoms with Gasteiger partial charge < -0.3 is 4.90 Å². The highest BCUT2D eigenvalue weighted by molar-refractivity contribution is 7.85. The predicted molar refractivity (Wildman–Crippen MR) is 109 cm³/mol. The molecule has 0 saturated heterocycles. The first-order valence-electron chi connectivity index (χ1n) is 8.79. The van der Waals surface area contributed by atoms with Gasteiger partial charge in [-0.15, -0.1) is 0 Å². The second-order valence-corrected chi connectivity index (χ2v) is 8.67. The fraction of sp³-hybridized carbons (Fsp3) is 0.471. The van der Waals surface area contributed by atoms with Crippen LogP contribution < -0.4 is 9.63 Å². The van der Waals surface area contributed by atoms with Gasteiger partial charge >= 0.3 is 6.18 Å². The largest absolute Gasteiger partial charge is 0.389 e. The molecule has 0 amide bonds. The number of nitrogens with zero attached hydrogens (tertiary/aromatic N) is 4. The van der Waals surface area contributed by atoms with Crippen molar-refractivity contribution in [1.82, 2.24) is 9.78 Å². The Balaban J connectivity index is 2.00. The second-order valence-electron chi connectivity index (χ2n) is 6.15. The van der Waals surface area contributed by atoms with Crippen LogP contribution in [0.4, 0.5) is 18.9 Å². The maximum Gasteiger partial charge on any atom is 0.389 e. The van der Waals surface area contributed by atoms with E-state index in [0.717, 1.165) is 4.73 Å². The summed E-state index contributed by atoms with van der Waals surface area (Å²) in [5.41, 5.74) is 1.13. The lowest BCUT2D eigenvalue weighted by molar-refractivity contribution is -0.904. The van der Waals surface area contributed by atoms with E-state index < -0.39 is 23.4 Å². The summed E-state index contributed by atoms with van der Waals surface area (Å²) >= 11 is 11.7. The topological polar surface area (TPSA) is 62.2 Å². The number of rotatable bonds is 9. The molecule has 1 atom stereocenters. The van der Waals surface area contributed by atoms with Crippen LogP contribution in [0.1, 0.15) is 26.2 Å². The van der Waals surface area contributed by atoms with E-state index in [0.29, 0.717) is 22.9 Å². The van der Waals surface area contributed by atoms with Crippen LogP contribution in [0.15, 0.2) is 30.7 Å². The van der Waals surface area contributed by atoms with E-state index in [1.54, 1.807) is 23.2 Å². The number of hydrogen-bond donors (Lipinski definition) is 1. The van der Waals surface area contributed by atoms with Crippen molar-refractivity contribution in [2.45, 2.75) is 32.4 Å². The molecule has 1 unspecified atom stereocenters. The summed E-state index contributed by atoms with van der Waals surface area (Å²) in [6.45, 7) is 2.35. The fourth-order valence-corrected chi connectivity index (χ4v) is 4.38. The molecule has 0 aliphatic rings. The van der Waals surface area contributed by atoms with Crippen molar-refractivity contribution < 1.29 is 27.3 Å². The summed E-state index contributed by atoms with van der Waals surface area (Å²) in [4.78, 5) is 2.22. The summed E-state index contributed by atoms with van der Waals surface area (Å²) in [6, 6.07) is 3.37. The van der Waals surface area contributed by atoms with Crippen LogP contribution in [0.5, 0.6) is 0 Å². The first kappa shape index (κ1) is 23.6. The van der Waals surface area contributed by atoms with E-state index in [2.05, 4.69) is 5.10 Å². The average molecular weight is 470 g/mol. The van der Waals surface area contributed by atoms with Crippen molar-refractivity contribution in [2.24, 2.45) is 0 Å². The van der Waals surface area contributed by atoms with Crippen molar-refractivity contribution in [1.29, 1.82) is 0 Å². The Morgan fingerprint density at radius 1 is 1.45 bits per heavy atom. The minimum absolute atomic E-state index is 0.0118. The lowest BCUT2D eigenvalue weighted by Crippen LogP contribution is -2.30. The van der Waals surface area contributed by atoms with Gasteiger partial charge in [-0.25, -0.2) is 4.68 Å². The number of anilines is 1. The predicted octanol–water partition coefficient (Wildman–Crippen LogP) is 3.69. The van der Waals surface area contributed by atoms with Gasteiger partial charge in [0.2, 0.25) is 12.4 Å². The van der Waals surface area contributed by atoms with Crippen molar-refractivity contribution >= 4 is 45.3 Å². The minimum Gasteiger partial charge on any atom is -0.332 e. The number of hydrogen-bond acceptors (Lipinski definition) is 4. The molecule has 0 saturated carbocycles. The number of pyridine rings is 1. The van der Waals surface area contributed by atoms with Crippen LogP contribution in [0.3, 0.4) is 0 Å². The van der Waals surface area contributed by atoms with Gasteiger partial charge in [0.05, 0.1) is 16.9 Å². The van der Waals surface area contributed by atoms with Gasteiger partial charge in [-0.3, -0.25) is 9.42 Å². The maximum absolute atomic E-state index is 12.2. The molecule has 0 spiro atoms. The zero-order chi connectivity index (χ0) is 21.6. The zero-order valence-electron chi connectivity index (χ0n) is 15.6. The molecular formula is C17H21ClF3N4O2S2+. The van der Waals surface area contributed by atoms with E-state index in [4.69, 9.17) is 23.8 Å². The van der Waals surface area contributed by atoms with E-state index in [-0.39, 0.29) is 29.5 Å². The van der Waals surface area contributed by atoms with Crippen molar-refractivity contribution in [3.8, 4) is 5.69 Å². The first-order chi connectivity index (χ1) is 13.6. The Labute approximate surface area is 179 Å². The van der Waals surface area contributed by atoms with Crippen molar-refractivity contribution in [3.63, 3.8) is 0 Å². The Hall–Kier alpha value is -1.72. The molecule has 160 valence electrons. The monoisotopic (exact) mass is 469 g/mol. The Morgan fingerprint density at radius 3 is 2.79 bits per heavy atom. The van der Waals surface area contributed by atoms with Gasteiger partial charge in [0.1, 0.15) is 5.69 Å². The third-order valence-electron chi connectivity index (χ3n) is 3.97. The standard InChI is InChI=1S/C17H21ClF3N4O2S2/c1-2-24(15(28)6-10-29(27)9-4-7-17(19,20)21)14-12-25(22-16(14)18)13-5-3-8-23(26)11-13/h3,5,8,11-12,26H,2,4,6-7,9-10H2,1H3/q+1. The molecule has 2 heterocycles. The normalized spacial score (nSPS) is 12.7. The highest BCUT2D eigenvalue weighted by Crippen LogP contribution is 2.27. The molecule has 0 aliphatic heterocycles. The molecule has 2 aromatic rings. The van der Waals surface area contributed by atoms with Gasteiger partial charge in [-0.05, 0) is 19.4 Å². The molecule has 6 nitrogen and oxygen atoms in total. The molecule has 0 aromatic carbocycles. The number of thiocarbonyl (C=S) groups is 1. The molecule has 0 fully saturated rings. The van der Waals surface area contributed by atoms with E-state index in [1.807, 2.05) is 6.92 Å². The molecule has 29 heavy (non-hydrogen) atoms. The van der Waals surface area contributed by atoms with Crippen molar-refractivity contribution in [2.75, 3.05) is 23.0 Å². The molecule has 2 aromatic heterocycles. The lowest BCUT2D eigenvalue weighted by Gasteiger charge is -2.22. The molecule has 0 bridgehead atoms. The molecule has 1 N–H and O–H groups in total. The van der Waals surface area contributed by atoms with Gasteiger partial charge in [0.15, 0.2) is 5.15 Å². The SMILES string of the molecule is CCN(C(=S)CCS(=O)CCCC(F)(F)F)c1cn(-c2ccc[n+](O)c2)nc1Cl. The van der Waals surface area contributed by atoms with Crippen LogP contribution in [-0.2, 0) is 10.8 Å². The van der Waals surface area contributed by atoms with Crippen LogP contribution >= 0.6 is 23.8 Å². The number of aromatic nitrogens is 3. The van der Waals surface area contributed by atoms with Crippen LogP contribution in [0.25, 0.3) is 5.69 Å². The highest BCUT2D eigenvalue weighted by atomic mass is 35.5. The van der Waals surface area contributed by atoms with Gasteiger partial charge in [0.25, 0.3) is 0 Å². The highest BCUT2D eigenvalue weighted by Gasteiger charge is 2.26. The summed E-state index contributed by atoms with van der Waals surface area (Å²) in [7, 11) is -1.38. The first-order valence-corrected chi connectivity index (χ1v) is 11.1. The Bertz CT molecular complexity index is 877. The zero-order valence-corrected chi connectivity index (χ0v) is 18.0. The summed E-state index contributed by atoms with van der Waals surface area (Å²) < 4.78 is 50.9. The summed E-state index contributed by atoms with van der Waals surface area (Å²) in [6.07, 6.45) is -0.487. The third kappa shape index (κ3) is 7.23. The van der Waals surface area contributed by atoms with E-state index in [1.165, 1.54) is 17.1 Å². The minimum atomic E-state index is -4.23. The fourth-order valence-electron chi connectivity index (χ4n) is 2.60. The van der Waals surface area contributed by atoms with E-state index in [9.17, 15) is 22.6 Å². The maximum atomic E-state index is 12.2. The van der Waals surface area contributed by atoms with Crippen LogP contribution in [0.2, 0.25) is 5.15 Å². The molecule has 0 radical (unpaired) electrons. The van der Waals surface area contributed by atoms with Gasteiger partial charge in [0, 0.05) is 52.5 Å². The smallest absolute Gasteiger partial charge is 0.332 e. The molecule has 2 rings (SSSR count). The molecule has 0 aliphatic carbocycles.